The Balaban J connectivity index is 2.14. The molecule has 0 amide bonds. The molecule has 0 fully saturated rings. The number of hydrogen-bond donors (Lipinski definition) is 1. The van der Waals surface area contributed by atoms with Gasteiger partial charge in [0.1, 0.15) is 0 Å². The molecule has 1 aromatic heterocycles. The molecule has 1 atom stereocenters. The molecule has 0 aliphatic heterocycles. The minimum Gasteiger partial charge on any atom is -0.316 e. The Morgan fingerprint density at radius 1 is 1.10 bits per heavy atom. The zero-order valence-electron chi connectivity index (χ0n) is 14.1. The lowest BCUT2D eigenvalue weighted by Crippen LogP contribution is -2.30. The number of likely N-dealkylation sites (N-methyl/N-ethyl adjacent to an activating group) is 1. The molecule has 114 valence electrons. The van der Waals surface area contributed by atoms with Crippen LogP contribution in [0, 0.1) is 27.7 Å². The third kappa shape index (κ3) is 3.53. The molecule has 0 spiro atoms. The molecule has 0 saturated heterocycles. The van der Waals surface area contributed by atoms with Gasteiger partial charge in [-0.2, -0.15) is 5.10 Å². The number of rotatable bonds is 5. The fraction of sp³-hybridized carbons (Fsp3) is 0.500. The molecule has 1 unspecified atom stereocenters. The molecule has 0 aliphatic rings. The summed E-state index contributed by atoms with van der Waals surface area (Å²) < 4.78 is 1.98. The van der Waals surface area contributed by atoms with Crippen LogP contribution in [0.3, 0.4) is 0 Å². The number of benzene rings is 1. The SMILES string of the molecule is CNC(Cc1ccc(C)c(C)c1)Cc1c(C)nn(C)c1C. The molecule has 2 rings (SSSR count). The van der Waals surface area contributed by atoms with Gasteiger partial charge in [-0.25, -0.2) is 0 Å². The normalized spacial score (nSPS) is 12.7. The molecular weight excluding hydrogens is 258 g/mol. The Morgan fingerprint density at radius 2 is 1.81 bits per heavy atom. The molecular formula is C18H27N3. The van der Waals surface area contributed by atoms with Crippen molar-refractivity contribution in [2.45, 2.75) is 46.6 Å². The van der Waals surface area contributed by atoms with Crippen LogP contribution in [0.15, 0.2) is 18.2 Å². The quantitative estimate of drug-likeness (QED) is 0.915. The number of hydrogen-bond acceptors (Lipinski definition) is 2. The van der Waals surface area contributed by atoms with Gasteiger partial charge in [-0.05, 0) is 69.8 Å². The summed E-state index contributed by atoms with van der Waals surface area (Å²) in [6.07, 6.45) is 2.07. The molecule has 0 aliphatic carbocycles. The van der Waals surface area contributed by atoms with Gasteiger partial charge in [-0.15, -0.1) is 0 Å². The Morgan fingerprint density at radius 3 is 2.33 bits per heavy atom. The number of aromatic nitrogens is 2. The first kappa shape index (κ1) is 15.8. The fourth-order valence-corrected chi connectivity index (χ4v) is 2.85. The number of nitrogens with one attached hydrogen (secondary N) is 1. The second kappa shape index (κ2) is 6.44. The molecule has 3 heteroatoms. The lowest BCUT2D eigenvalue weighted by atomic mass is 9.96. The third-order valence-electron chi connectivity index (χ3n) is 4.57. The Hall–Kier alpha value is -1.61. The minimum atomic E-state index is 0.439. The van der Waals surface area contributed by atoms with Gasteiger partial charge in [0, 0.05) is 18.8 Å². The van der Waals surface area contributed by atoms with Gasteiger partial charge in [0.2, 0.25) is 0 Å². The van der Waals surface area contributed by atoms with Crippen molar-refractivity contribution in [1.29, 1.82) is 0 Å². The van der Waals surface area contributed by atoms with Crippen LogP contribution in [0.1, 0.15) is 33.6 Å². The van der Waals surface area contributed by atoms with Gasteiger partial charge >= 0.3 is 0 Å². The Bertz CT molecular complexity index is 626. The van der Waals surface area contributed by atoms with Crippen molar-refractivity contribution < 1.29 is 0 Å². The van der Waals surface area contributed by atoms with E-state index in [0.717, 1.165) is 18.5 Å². The van der Waals surface area contributed by atoms with E-state index >= 15 is 0 Å². The lowest BCUT2D eigenvalue weighted by molar-refractivity contribution is 0.553. The van der Waals surface area contributed by atoms with E-state index in [0.29, 0.717) is 6.04 Å². The summed E-state index contributed by atoms with van der Waals surface area (Å²) in [7, 11) is 4.07. The molecule has 0 bridgehead atoms. The van der Waals surface area contributed by atoms with Crippen LogP contribution < -0.4 is 5.32 Å². The topological polar surface area (TPSA) is 29.9 Å². The summed E-state index contributed by atoms with van der Waals surface area (Å²) in [6.45, 7) is 8.60. The molecule has 1 N–H and O–H groups in total. The lowest BCUT2D eigenvalue weighted by Gasteiger charge is -2.17. The smallest absolute Gasteiger partial charge is 0.0628 e. The zero-order chi connectivity index (χ0) is 15.6. The highest BCUT2D eigenvalue weighted by Crippen LogP contribution is 2.17. The molecule has 0 radical (unpaired) electrons. The largest absolute Gasteiger partial charge is 0.316 e. The van der Waals surface area contributed by atoms with E-state index in [2.05, 4.69) is 56.3 Å². The van der Waals surface area contributed by atoms with Crippen molar-refractivity contribution in [3.05, 3.63) is 51.8 Å². The highest BCUT2D eigenvalue weighted by atomic mass is 15.3. The van der Waals surface area contributed by atoms with Crippen molar-refractivity contribution in [1.82, 2.24) is 15.1 Å². The summed E-state index contributed by atoms with van der Waals surface area (Å²) in [4.78, 5) is 0. The maximum absolute atomic E-state index is 4.52. The van der Waals surface area contributed by atoms with E-state index in [9.17, 15) is 0 Å². The van der Waals surface area contributed by atoms with Gasteiger partial charge in [-0.3, -0.25) is 4.68 Å². The molecule has 21 heavy (non-hydrogen) atoms. The van der Waals surface area contributed by atoms with Crippen LogP contribution >= 0.6 is 0 Å². The Kier molecular flexibility index (Phi) is 4.84. The zero-order valence-corrected chi connectivity index (χ0v) is 14.1. The van der Waals surface area contributed by atoms with Crippen LogP contribution in [0.5, 0.6) is 0 Å². The number of aryl methyl sites for hydroxylation is 4. The van der Waals surface area contributed by atoms with Crippen molar-refractivity contribution >= 4 is 0 Å². The highest BCUT2D eigenvalue weighted by Gasteiger charge is 2.15. The summed E-state index contributed by atoms with van der Waals surface area (Å²) in [5, 5.41) is 7.98. The maximum Gasteiger partial charge on any atom is 0.0628 e. The van der Waals surface area contributed by atoms with Crippen LogP contribution in [-0.4, -0.2) is 22.9 Å². The predicted molar refractivity (Wildman–Crippen MR) is 88.9 cm³/mol. The van der Waals surface area contributed by atoms with E-state index in [1.165, 1.54) is 27.9 Å². The third-order valence-corrected chi connectivity index (χ3v) is 4.57. The maximum atomic E-state index is 4.52. The minimum absolute atomic E-state index is 0.439. The first-order chi connectivity index (χ1) is 9.92. The predicted octanol–water partition coefficient (Wildman–Crippen LogP) is 3.03. The monoisotopic (exact) mass is 285 g/mol. The fourth-order valence-electron chi connectivity index (χ4n) is 2.85. The van der Waals surface area contributed by atoms with Gasteiger partial charge in [0.05, 0.1) is 5.69 Å². The van der Waals surface area contributed by atoms with E-state index in [1.54, 1.807) is 0 Å². The molecule has 3 nitrogen and oxygen atoms in total. The van der Waals surface area contributed by atoms with Gasteiger partial charge in [0.15, 0.2) is 0 Å². The molecule has 2 aromatic rings. The van der Waals surface area contributed by atoms with E-state index in [1.807, 2.05) is 18.8 Å². The standard InChI is InChI=1S/C18H27N3/c1-12-7-8-16(9-13(12)2)10-17(19-5)11-18-14(3)20-21(6)15(18)4/h7-9,17,19H,10-11H2,1-6H3. The summed E-state index contributed by atoms with van der Waals surface area (Å²) >= 11 is 0. The van der Waals surface area contributed by atoms with Crippen molar-refractivity contribution in [2.75, 3.05) is 7.05 Å². The second-order valence-corrected chi connectivity index (χ2v) is 6.09. The average Bonchev–Trinajstić information content (AvgIpc) is 2.68. The van der Waals surface area contributed by atoms with Crippen molar-refractivity contribution in [3.63, 3.8) is 0 Å². The Labute approximate surface area is 128 Å². The van der Waals surface area contributed by atoms with E-state index in [4.69, 9.17) is 0 Å². The van der Waals surface area contributed by atoms with Crippen molar-refractivity contribution in [2.24, 2.45) is 7.05 Å². The molecule has 1 heterocycles. The molecule has 0 saturated carbocycles. The summed E-state index contributed by atoms with van der Waals surface area (Å²) in [6, 6.07) is 7.21. The van der Waals surface area contributed by atoms with E-state index < -0.39 is 0 Å². The molecule has 1 aromatic carbocycles. The first-order valence-corrected chi connectivity index (χ1v) is 7.64. The number of nitrogens with zero attached hydrogens (tertiary/aromatic N) is 2. The van der Waals surface area contributed by atoms with Crippen LogP contribution in [0.25, 0.3) is 0 Å². The van der Waals surface area contributed by atoms with Crippen LogP contribution in [0.4, 0.5) is 0 Å². The van der Waals surface area contributed by atoms with Crippen LogP contribution in [0.2, 0.25) is 0 Å². The van der Waals surface area contributed by atoms with Crippen LogP contribution in [-0.2, 0) is 19.9 Å². The van der Waals surface area contributed by atoms with E-state index in [-0.39, 0.29) is 0 Å². The first-order valence-electron chi connectivity index (χ1n) is 7.64. The summed E-state index contributed by atoms with van der Waals surface area (Å²) in [5.74, 6) is 0. The second-order valence-electron chi connectivity index (χ2n) is 6.09. The van der Waals surface area contributed by atoms with Crippen molar-refractivity contribution in [3.8, 4) is 0 Å². The van der Waals surface area contributed by atoms with Gasteiger partial charge in [-0.1, -0.05) is 18.2 Å². The highest BCUT2D eigenvalue weighted by molar-refractivity contribution is 5.31. The summed E-state index contributed by atoms with van der Waals surface area (Å²) in [5.41, 5.74) is 7.93. The van der Waals surface area contributed by atoms with Gasteiger partial charge in [0.25, 0.3) is 0 Å². The average molecular weight is 285 g/mol. The van der Waals surface area contributed by atoms with Gasteiger partial charge < -0.3 is 5.32 Å².